The van der Waals surface area contributed by atoms with E-state index >= 15 is 0 Å². The number of hydrogen-bond acceptors (Lipinski definition) is 6. The lowest BCUT2D eigenvalue weighted by atomic mass is 10.2. The Balaban J connectivity index is 3.25. The third kappa shape index (κ3) is 21.0. The number of carbonyl (C=O) groups is 2. The molecule has 7 nitrogen and oxygen atoms in total. The number of ether oxygens (including phenoxy) is 4. The Labute approximate surface area is 155 Å². The van der Waals surface area contributed by atoms with Crippen LogP contribution in [0.2, 0.25) is 0 Å². The minimum Gasteiger partial charge on any atom is -0.382 e. The van der Waals surface area contributed by atoms with Gasteiger partial charge in [-0.15, -0.1) is 0 Å². The molecule has 0 fully saturated rings. The van der Waals surface area contributed by atoms with Crippen LogP contribution in [0.5, 0.6) is 0 Å². The summed E-state index contributed by atoms with van der Waals surface area (Å²) in [6.07, 6.45) is 5.99. The van der Waals surface area contributed by atoms with Crippen LogP contribution in [0.25, 0.3) is 0 Å². The molecule has 0 spiro atoms. The molecule has 0 saturated heterocycles. The van der Waals surface area contributed by atoms with Crippen LogP contribution >= 0.6 is 11.6 Å². The molecule has 0 unspecified atom stereocenters. The molecule has 1 amide bonds. The van der Waals surface area contributed by atoms with Crippen LogP contribution in [0.3, 0.4) is 0 Å². The SMILES string of the molecule is COCCOCCOCCOCCNC(=O)/C=C/CCCCC(=O)Cl. The molecule has 0 bridgehead atoms. The van der Waals surface area contributed by atoms with Crippen LogP contribution in [-0.2, 0) is 28.5 Å². The summed E-state index contributed by atoms with van der Waals surface area (Å²) in [5, 5.41) is 2.41. The molecule has 0 rings (SSSR count). The van der Waals surface area contributed by atoms with Gasteiger partial charge in [0, 0.05) is 20.1 Å². The Morgan fingerprint density at radius 3 is 2.12 bits per heavy atom. The number of allylic oxidation sites excluding steroid dienone is 1. The Morgan fingerprint density at radius 1 is 0.920 bits per heavy atom. The number of methoxy groups -OCH3 is 1. The molecule has 25 heavy (non-hydrogen) atoms. The fourth-order valence-corrected chi connectivity index (χ4v) is 1.84. The van der Waals surface area contributed by atoms with Gasteiger partial charge in [0.1, 0.15) is 0 Å². The topological polar surface area (TPSA) is 83.1 Å². The van der Waals surface area contributed by atoms with Crippen molar-refractivity contribution < 1.29 is 28.5 Å². The standard InChI is InChI=1S/C17H30ClNO6/c1-22-10-11-24-14-15-25-13-12-23-9-8-19-17(21)7-5-3-2-4-6-16(18)20/h5,7H,2-4,6,8-15H2,1H3,(H,19,21)/b7-5+. The highest BCUT2D eigenvalue weighted by molar-refractivity contribution is 6.63. The van der Waals surface area contributed by atoms with Crippen molar-refractivity contribution in [3.8, 4) is 0 Å². The molecule has 0 heterocycles. The molecule has 0 aliphatic carbocycles. The van der Waals surface area contributed by atoms with E-state index in [-0.39, 0.29) is 11.1 Å². The molecule has 1 N–H and O–H groups in total. The Kier molecular flexibility index (Phi) is 18.6. The average Bonchev–Trinajstić information content (AvgIpc) is 2.58. The van der Waals surface area contributed by atoms with Gasteiger partial charge in [-0.3, -0.25) is 9.59 Å². The zero-order chi connectivity index (χ0) is 18.6. The van der Waals surface area contributed by atoms with E-state index in [1.54, 1.807) is 13.2 Å². The Bertz CT molecular complexity index is 365. The summed E-state index contributed by atoms with van der Waals surface area (Å²) in [4.78, 5) is 22.0. The molecule has 0 atom stereocenters. The second-order valence-corrected chi connectivity index (χ2v) is 5.55. The van der Waals surface area contributed by atoms with Crippen molar-refractivity contribution in [1.82, 2.24) is 5.32 Å². The minimum absolute atomic E-state index is 0.151. The van der Waals surface area contributed by atoms with E-state index in [9.17, 15) is 9.59 Å². The first-order valence-electron chi connectivity index (χ1n) is 8.51. The summed E-state index contributed by atoms with van der Waals surface area (Å²) < 4.78 is 20.8. The number of halogens is 1. The predicted molar refractivity (Wildman–Crippen MR) is 95.8 cm³/mol. The van der Waals surface area contributed by atoms with E-state index in [2.05, 4.69) is 5.32 Å². The zero-order valence-electron chi connectivity index (χ0n) is 15.0. The van der Waals surface area contributed by atoms with Gasteiger partial charge in [0.05, 0.1) is 46.2 Å². The quantitative estimate of drug-likeness (QED) is 0.222. The van der Waals surface area contributed by atoms with E-state index in [0.29, 0.717) is 59.2 Å². The minimum atomic E-state index is -0.317. The first-order valence-corrected chi connectivity index (χ1v) is 8.89. The number of carbonyl (C=O) groups excluding carboxylic acids is 2. The fourth-order valence-electron chi connectivity index (χ4n) is 1.71. The highest BCUT2D eigenvalue weighted by atomic mass is 35.5. The van der Waals surface area contributed by atoms with E-state index < -0.39 is 0 Å². The van der Waals surface area contributed by atoms with Crippen LogP contribution in [0.4, 0.5) is 0 Å². The first kappa shape index (κ1) is 24.0. The lowest BCUT2D eigenvalue weighted by molar-refractivity contribution is -0.116. The molecule has 8 heteroatoms. The van der Waals surface area contributed by atoms with Crippen LogP contribution in [0.1, 0.15) is 25.7 Å². The van der Waals surface area contributed by atoms with Crippen LogP contribution in [0.15, 0.2) is 12.2 Å². The maximum absolute atomic E-state index is 11.5. The van der Waals surface area contributed by atoms with Gasteiger partial charge in [0.2, 0.25) is 11.1 Å². The molecule has 0 aromatic carbocycles. The smallest absolute Gasteiger partial charge is 0.243 e. The molecule has 0 aromatic heterocycles. The van der Waals surface area contributed by atoms with Gasteiger partial charge < -0.3 is 24.3 Å². The van der Waals surface area contributed by atoms with Crippen molar-refractivity contribution in [2.45, 2.75) is 25.7 Å². The average molecular weight is 380 g/mol. The van der Waals surface area contributed by atoms with Crippen LogP contribution in [-0.4, -0.2) is 71.1 Å². The van der Waals surface area contributed by atoms with E-state index in [1.165, 1.54) is 6.08 Å². The number of nitrogens with one attached hydrogen (secondary N) is 1. The molecular formula is C17H30ClNO6. The third-order valence-electron chi connectivity index (χ3n) is 2.98. The summed E-state index contributed by atoms with van der Waals surface area (Å²) in [5.74, 6) is -0.151. The van der Waals surface area contributed by atoms with Crippen molar-refractivity contribution >= 4 is 22.8 Å². The number of rotatable bonds is 18. The highest BCUT2D eigenvalue weighted by Crippen LogP contribution is 2.02. The molecule has 0 aliphatic heterocycles. The number of amides is 1. The summed E-state index contributed by atoms with van der Waals surface area (Å²) in [7, 11) is 1.63. The monoisotopic (exact) mass is 379 g/mol. The maximum atomic E-state index is 11.5. The summed E-state index contributed by atoms with van der Waals surface area (Å²) in [6.45, 7) is 4.06. The third-order valence-corrected chi connectivity index (χ3v) is 3.17. The summed E-state index contributed by atoms with van der Waals surface area (Å²) >= 11 is 5.23. The second kappa shape index (κ2) is 19.3. The largest absolute Gasteiger partial charge is 0.382 e. The van der Waals surface area contributed by atoms with Crippen molar-refractivity contribution in [2.24, 2.45) is 0 Å². The van der Waals surface area contributed by atoms with E-state index in [4.69, 9.17) is 30.5 Å². The molecule has 0 aliphatic rings. The lowest BCUT2D eigenvalue weighted by Crippen LogP contribution is -2.26. The number of hydrogen-bond donors (Lipinski definition) is 1. The van der Waals surface area contributed by atoms with Gasteiger partial charge in [0.25, 0.3) is 0 Å². The van der Waals surface area contributed by atoms with Crippen molar-refractivity contribution in [3.63, 3.8) is 0 Å². The Hall–Kier alpha value is -0.990. The fraction of sp³-hybridized carbons (Fsp3) is 0.765. The van der Waals surface area contributed by atoms with Crippen LogP contribution < -0.4 is 5.32 Å². The van der Waals surface area contributed by atoms with Gasteiger partial charge in [0.15, 0.2) is 0 Å². The summed E-state index contributed by atoms with van der Waals surface area (Å²) in [5.41, 5.74) is 0. The lowest BCUT2D eigenvalue weighted by Gasteiger charge is -2.07. The molecular weight excluding hydrogens is 350 g/mol. The van der Waals surface area contributed by atoms with Crippen molar-refractivity contribution in [1.29, 1.82) is 0 Å². The van der Waals surface area contributed by atoms with Crippen molar-refractivity contribution in [2.75, 3.05) is 59.9 Å². The van der Waals surface area contributed by atoms with Crippen LogP contribution in [0, 0.1) is 0 Å². The predicted octanol–water partition coefficient (Wildman–Crippen LogP) is 1.68. The van der Waals surface area contributed by atoms with Gasteiger partial charge in [-0.05, 0) is 36.9 Å². The highest BCUT2D eigenvalue weighted by Gasteiger charge is 1.97. The zero-order valence-corrected chi connectivity index (χ0v) is 15.7. The molecule has 0 radical (unpaired) electrons. The molecule has 146 valence electrons. The van der Waals surface area contributed by atoms with E-state index in [0.717, 1.165) is 19.3 Å². The first-order chi connectivity index (χ1) is 12.2. The molecule has 0 saturated carbocycles. The number of unbranched alkanes of at least 4 members (excludes halogenated alkanes) is 2. The Morgan fingerprint density at radius 2 is 1.52 bits per heavy atom. The van der Waals surface area contributed by atoms with Gasteiger partial charge >= 0.3 is 0 Å². The summed E-state index contributed by atoms with van der Waals surface area (Å²) in [6, 6.07) is 0. The molecule has 0 aromatic rings. The maximum Gasteiger partial charge on any atom is 0.243 e. The second-order valence-electron chi connectivity index (χ2n) is 5.12. The van der Waals surface area contributed by atoms with Gasteiger partial charge in [-0.1, -0.05) is 6.08 Å². The normalized spacial score (nSPS) is 11.1. The van der Waals surface area contributed by atoms with Gasteiger partial charge in [-0.2, -0.15) is 0 Å². The van der Waals surface area contributed by atoms with Crippen molar-refractivity contribution in [3.05, 3.63) is 12.2 Å². The van der Waals surface area contributed by atoms with Gasteiger partial charge in [-0.25, -0.2) is 0 Å². The van der Waals surface area contributed by atoms with E-state index in [1.807, 2.05) is 0 Å².